The van der Waals surface area contributed by atoms with E-state index in [4.69, 9.17) is 4.74 Å². The van der Waals surface area contributed by atoms with Crippen molar-refractivity contribution in [2.75, 3.05) is 26.3 Å². The number of hydrogen-bond acceptors (Lipinski definition) is 4. The van der Waals surface area contributed by atoms with E-state index in [-0.39, 0.29) is 17.0 Å². The molecule has 1 aliphatic heterocycles. The van der Waals surface area contributed by atoms with E-state index in [0.717, 1.165) is 24.2 Å². The topological polar surface area (TPSA) is 88.9 Å². The third-order valence-electron chi connectivity index (χ3n) is 5.15. The number of benzene rings is 2. The largest absolute Gasteiger partial charge is 0.370 e. The fourth-order valence-electron chi connectivity index (χ4n) is 3.70. The normalized spacial score (nSPS) is 17.3. The molecular formula is C21H28N3O4S+. The Morgan fingerprint density at radius 1 is 1.03 bits per heavy atom. The van der Waals surface area contributed by atoms with Gasteiger partial charge in [0.2, 0.25) is 0 Å². The van der Waals surface area contributed by atoms with Gasteiger partial charge < -0.3 is 15.0 Å². The summed E-state index contributed by atoms with van der Waals surface area (Å²) in [6.07, 6.45) is 0. The fourth-order valence-corrected chi connectivity index (χ4v) is 4.62. The average molecular weight is 419 g/mol. The van der Waals surface area contributed by atoms with E-state index in [2.05, 4.69) is 10.0 Å². The van der Waals surface area contributed by atoms with E-state index in [1.165, 1.54) is 17.0 Å². The van der Waals surface area contributed by atoms with Gasteiger partial charge in [0.1, 0.15) is 19.1 Å². The van der Waals surface area contributed by atoms with Gasteiger partial charge in [-0.3, -0.25) is 0 Å². The first-order chi connectivity index (χ1) is 13.9. The number of hydrogen-bond donors (Lipinski definition) is 3. The summed E-state index contributed by atoms with van der Waals surface area (Å²) in [6.45, 7) is 6.76. The summed E-state index contributed by atoms with van der Waals surface area (Å²) in [6, 6.07) is 15.3. The minimum atomic E-state index is -3.93. The van der Waals surface area contributed by atoms with Crippen molar-refractivity contribution in [3.63, 3.8) is 0 Å². The molecule has 7 nitrogen and oxygen atoms in total. The van der Waals surface area contributed by atoms with Crippen molar-refractivity contribution < 1.29 is 22.8 Å². The summed E-state index contributed by atoms with van der Waals surface area (Å²) < 4.78 is 32.6. The smallest absolute Gasteiger partial charge is 0.329 e. The lowest BCUT2D eigenvalue weighted by Gasteiger charge is -2.35. The van der Waals surface area contributed by atoms with Crippen LogP contribution in [-0.2, 0) is 14.8 Å². The van der Waals surface area contributed by atoms with Gasteiger partial charge in [-0.2, -0.15) is 0 Å². The second-order valence-corrected chi connectivity index (χ2v) is 9.02. The Balaban J connectivity index is 1.72. The number of ether oxygens (including phenoxy) is 1. The Morgan fingerprint density at radius 2 is 1.66 bits per heavy atom. The van der Waals surface area contributed by atoms with E-state index >= 15 is 0 Å². The van der Waals surface area contributed by atoms with Gasteiger partial charge in [-0.05, 0) is 26.0 Å². The minimum absolute atomic E-state index is 0.00655. The standard InChI is InChI=1S/C21H27N3O4S/c1-16-8-10-19(11-9-16)29(26,27)23-21(25)22-17(2)20(18-6-4-3-5-7-18)24-12-14-28-15-13-24/h3-11,17,20H,12-15H2,1-2H3,(H2,22,23,25)/p+1/t17-,20+/m1/s1. The second kappa shape index (κ2) is 9.39. The summed E-state index contributed by atoms with van der Waals surface area (Å²) >= 11 is 0. The molecule has 156 valence electrons. The maximum Gasteiger partial charge on any atom is 0.329 e. The van der Waals surface area contributed by atoms with Crippen LogP contribution in [0.4, 0.5) is 4.79 Å². The molecule has 2 atom stereocenters. The van der Waals surface area contributed by atoms with Crippen molar-refractivity contribution >= 4 is 16.1 Å². The molecule has 0 aromatic heterocycles. The predicted octanol–water partition coefficient (Wildman–Crippen LogP) is 1.03. The maximum atomic E-state index is 12.5. The Morgan fingerprint density at radius 3 is 2.28 bits per heavy atom. The monoisotopic (exact) mass is 418 g/mol. The van der Waals surface area contributed by atoms with E-state index in [1.807, 2.05) is 44.2 Å². The van der Waals surface area contributed by atoms with E-state index in [1.54, 1.807) is 12.1 Å². The number of morpholine rings is 1. The molecule has 1 aliphatic rings. The quantitative estimate of drug-likeness (QED) is 0.654. The van der Waals surface area contributed by atoms with Gasteiger partial charge >= 0.3 is 6.03 Å². The highest BCUT2D eigenvalue weighted by Crippen LogP contribution is 2.15. The number of quaternary nitrogens is 1. The third-order valence-corrected chi connectivity index (χ3v) is 6.50. The molecule has 8 heteroatoms. The third kappa shape index (κ3) is 5.56. The highest BCUT2D eigenvalue weighted by molar-refractivity contribution is 7.90. The number of carbonyl (C=O) groups is 1. The van der Waals surface area contributed by atoms with E-state index in [9.17, 15) is 13.2 Å². The molecule has 0 radical (unpaired) electrons. The van der Waals surface area contributed by atoms with Crippen molar-refractivity contribution in [2.24, 2.45) is 0 Å². The van der Waals surface area contributed by atoms with Crippen LogP contribution in [0.15, 0.2) is 59.5 Å². The summed E-state index contributed by atoms with van der Waals surface area (Å²) in [4.78, 5) is 13.9. The average Bonchev–Trinajstić information content (AvgIpc) is 2.69. The lowest BCUT2D eigenvalue weighted by atomic mass is 9.98. The van der Waals surface area contributed by atoms with Gasteiger partial charge in [0.15, 0.2) is 0 Å². The van der Waals surface area contributed by atoms with Crippen molar-refractivity contribution in [3.05, 3.63) is 65.7 Å². The lowest BCUT2D eigenvalue weighted by molar-refractivity contribution is -0.940. The molecule has 0 spiro atoms. The number of aryl methyl sites for hydroxylation is 1. The number of rotatable bonds is 6. The van der Waals surface area contributed by atoms with E-state index in [0.29, 0.717) is 13.2 Å². The molecule has 3 N–H and O–H groups in total. The van der Waals surface area contributed by atoms with Crippen LogP contribution in [0.1, 0.15) is 24.1 Å². The Labute approximate surface area is 172 Å². The molecule has 0 unspecified atom stereocenters. The van der Waals surface area contributed by atoms with Crippen LogP contribution >= 0.6 is 0 Å². The molecule has 0 bridgehead atoms. The highest BCUT2D eigenvalue weighted by Gasteiger charge is 2.32. The number of amides is 2. The second-order valence-electron chi connectivity index (χ2n) is 7.34. The fraction of sp³-hybridized carbons (Fsp3) is 0.381. The molecule has 1 saturated heterocycles. The summed E-state index contributed by atoms with van der Waals surface area (Å²) in [7, 11) is -3.93. The zero-order chi connectivity index (χ0) is 20.9. The van der Waals surface area contributed by atoms with Gasteiger partial charge in [-0.15, -0.1) is 0 Å². The molecule has 2 aromatic rings. The number of nitrogens with one attached hydrogen (secondary N) is 3. The van der Waals surface area contributed by atoms with Crippen LogP contribution in [0.5, 0.6) is 0 Å². The first-order valence-electron chi connectivity index (χ1n) is 9.74. The summed E-state index contributed by atoms with van der Waals surface area (Å²) in [5.74, 6) is 0. The van der Waals surface area contributed by atoms with Gasteiger partial charge in [-0.1, -0.05) is 48.0 Å². The number of sulfonamides is 1. The van der Waals surface area contributed by atoms with Gasteiger partial charge in [0.25, 0.3) is 10.0 Å². The first-order valence-corrected chi connectivity index (χ1v) is 11.2. The van der Waals surface area contributed by atoms with Crippen LogP contribution in [-0.4, -0.2) is 46.8 Å². The Bertz CT molecular complexity index is 911. The van der Waals surface area contributed by atoms with Gasteiger partial charge in [0, 0.05) is 5.56 Å². The molecule has 1 heterocycles. The zero-order valence-corrected chi connectivity index (χ0v) is 17.5. The molecule has 29 heavy (non-hydrogen) atoms. The van der Waals surface area contributed by atoms with Crippen LogP contribution in [0, 0.1) is 6.92 Å². The van der Waals surface area contributed by atoms with Crippen LogP contribution in [0.2, 0.25) is 0 Å². The molecule has 0 aliphatic carbocycles. The summed E-state index contributed by atoms with van der Waals surface area (Å²) in [5, 5.41) is 2.82. The van der Waals surface area contributed by atoms with Gasteiger partial charge in [0.05, 0.1) is 24.2 Å². The Hall–Kier alpha value is -2.42. The van der Waals surface area contributed by atoms with Crippen LogP contribution in [0.3, 0.4) is 0 Å². The van der Waals surface area contributed by atoms with Crippen molar-refractivity contribution in [1.29, 1.82) is 0 Å². The Kier molecular flexibility index (Phi) is 6.89. The SMILES string of the molecule is Cc1ccc(S(=O)(=O)NC(=O)N[C@H](C)[C@@H](c2ccccc2)[NH+]2CCOCC2)cc1. The predicted molar refractivity (Wildman–Crippen MR) is 110 cm³/mol. The van der Waals surface area contributed by atoms with Gasteiger partial charge in [-0.25, -0.2) is 17.9 Å². The maximum absolute atomic E-state index is 12.5. The molecule has 0 saturated carbocycles. The molecule has 2 amide bonds. The first kappa shape index (κ1) is 21.3. The summed E-state index contributed by atoms with van der Waals surface area (Å²) in [5.41, 5.74) is 2.04. The number of urea groups is 1. The molecular weight excluding hydrogens is 390 g/mol. The lowest BCUT2D eigenvalue weighted by Crippen LogP contribution is -3.15. The minimum Gasteiger partial charge on any atom is -0.370 e. The van der Waals surface area contributed by atoms with E-state index < -0.39 is 16.1 Å². The van der Waals surface area contributed by atoms with Crippen molar-refractivity contribution in [1.82, 2.24) is 10.0 Å². The van der Waals surface area contributed by atoms with Crippen molar-refractivity contribution in [3.8, 4) is 0 Å². The molecule has 3 rings (SSSR count). The molecule has 1 fully saturated rings. The van der Waals surface area contributed by atoms with Crippen LogP contribution < -0.4 is 14.9 Å². The zero-order valence-electron chi connectivity index (χ0n) is 16.7. The number of carbonyl (C=O) groups excluding carboxylic acids is 1. The van der Waals surface area contributed by atoms with Crippen LogP contribution in [0.25, 0.3) is 0 Å². The molecule has 2 aromatic carbocycles. The highest BCUT2D eigenvalue weighted by atomic mass is 32.2. The van der Waals surface area contributed by atoms with Crippen molar-refractivity contribution in [2.45, 2.75) is 30.8 Å².